The first-order chi connectivity index (χ1) is 13.5. The number of fused-ring (bicyclic) bond motifs is 1. The maximum Gasteiger partial charge on any atom is 0.417 e. The molecule has 0 bridgehead atoms. The van der Waals surface area contributed by atoms with E-state index in [9.17, 15) is 22.8 Å². The molecule has 1 atom stereocenters. The van der Waals surface area contributed by atoms with Crippen molar-refractivity contribution >= 4 is 34.2 Å². The number of benzene rings is 2. The smallest absolute Gasteiger partial charge is 0.417 e. The largest absolute Gasteiger partial charge is 0.481 e. The highest BCUT2D eigenvalue weighted by Crippen LogP contribution is 2.36. The van der Waals surface area contributed by atoms with Crippen molar-refractivity contribution in [3.05, 3.63) is 69.0 Å². The van der Waals surface area contributed by atoms with Gasteiger partial charge in [-0.3, -0.25) is 4.79 Å². The predicted molar refractivity (Wildman–Crippen MR) is 102 cm³/mol. The molecule has 0 aliphatic heterocycles. The summed E-state index contributed by atoms with van der Waals surface area (Å²) in [4.78, 5) is 23.8. The van der Waals surface area contributed by atoms with Gasteiger partial charge in [-0.25, -0.2) is 4.79 Å². The Hall–Kier alpha value is -3.00. The van der Waals surface area contributed by atoms with Crippen LogP contribution >= 0.6 is 11.6 Å². The first-order valence-electron chi connectivity index (χ1n) is 8.43. The van der Waals surface area contributed by atoms with E-state index in [1.807, 2.05) is 0 Å². The van der Waals surface area contributed by atoms with Gasteiger partial charge in [-0.1, -0.05) is 11.6 Å². The molecule has 1 aromatic heterocycles. The molecule has 9 heteroatoms. The lowest BCUT2D eigenvalue weighted by Gasteiger charge is -2.16. The van der Waals surface area contributed by atoms with E-state index >= 15 is 0 Å². The number of carbonyl (C=O) groups excluding carboxylic acids is 1. The average Bonchev–Trinajstić information content (AvgIpc) is 2.61. The summed E-state index contributed by atoms with van der Waals surface area (Å²) in [6, 6.07) is 9.18. The molecule has 29 heavy (non-hydrogen) atoms. The second kappa shape index (κ2) is 7.79. The van der Waals surface area contributed by atoms with Crippen LogP contribution in [0.1, 0.15) is 18.1 Å². The topological polar surface area (TPSA) is 68.5 Å². The van der Waals surface area contributed by atoms with Gasteiger partial charge in [-0.05, 0) is 49.7 Å². The number of halogens is 4. The number of nitrogens with one attached hydrogen (secondary N) is 1. The molecule has 3 rings (SSSR count). The third-order valence-electron chi connectivity index (χ3n) is 4.14. The Balaban J connectivity index is 1.76. The van der Waals surface area contributed by atoms with Crippen molar-refractivity contribution in [3.8, 4) is 5.75 Å². The number of amides is 1. The maximum atomic E-state index is 12.9. The normalized spacial score (nSPS) is 12.6. The van der Waals surface area contributed by atoms with Crippen molar-refractivity contribution in [2.75, 3.05) is 5.32 Å². The summed E-state index contributed by atoms with van der Waals surface area (Å²) in [6.45, 7) is 3.20. The lowest BCUT2D eigenvalue weighted by molar-refractivity contribution is -0.137. The van der Waals surface area contributed by atoms with Crippen LogP contribution in [0.25, 0.3) is 11.0 Å². The van der Waals surface area contributed by atoms with Crippen LogP contribution in [0, 0.1) is 6.92 Å². The third kappa shape index (κ3) is 4.71. The molecular weight excluding hydrogens is 411 g/mol. The fraction of sp³-hybridized carbons (Fsp3) is 0.200. The van der Waals surface area contributed by atoms with Crippen molar-refractivity contribution in [3.63, 3.8) is 0 Å². The lowest BCUT2D eigenvalue weighted by atomic mass is 10.1. The minimum atomic E-state index is -4.65. The van der Waals surface area contributed by atoms with Gasteiger partial charge >= 0.3 is 11.8 Å². The highest BCUT2D eigenvalue weighted by molar-refractivity contribution is 6.31. The van der Waals surface area contributed by atoms with E-state index in [1.165, 1.54) is 25.1 Å². The fourth-order valence-electron chi connectivity index (χ4n) is 2.70. The van der Waals surface area contributed by atoms with Crippen LogP contribution < -0.4 is 15.7 Å². The molecule has 2 aromatic carbocycles. The molecule has 0 saturated heterocycles. The monoisotopic (exact) mass is 425 g/mol. The summed E-state index contributed by atoms with van der Waals surface area (Å²) < 4.78 is 49.5. The number of carbonyl (C=O) groups is 1. The molecule has 3 aromatic rings. The Labute approximate surface area is 168 Å². The molecule has 1 heterocycles. The molecule has 1 unspecified atom stereocenters. The summed E-state index contributed by atoms with van der Waals surface area (Å²) in [5.74, 6) is -0.396. The van der Waals surface area contributed by atoms with Crippen molar-refractivity contribution in [1.82, 2.24) is 0 Å². The molecule has 0 spiro atoms. The highest BCUT2D eigenvalue weighted by Gasteiger charge is 2.33. The summed E-state index contributed by atoms with van der Waals surface area (Å²) in [5.41, 5.74) is -0.599. The molecule has 1 N–H and O–H groups in total. The van der Waals surface area contributed by atoms with Crippen LogP contribution in [0.2, 0.25) is 5.02 Å². The van der Waals surface area contributed by atoms with Crippen molar-refractivity contribution < 1.29 is 27.1 Å². The first kappa shape index (κ1) is 20.7. The average molecular weight is 426 g/mol. The Kier molecular flexibility index (Phi) is 5.57. The molecule has 1 amide bonds. The number of ether oxygens (including phenoxy) is 1. The Morgan fingerprint density at radius 3 is 2.59 bits per heavy atom. The minimum Gasteiger partial charge on any atom is -0.481 e. The van der Waals surface area contributed by atoms with Gasteiger partial charge in [-0.2, -0.15) is 13.2 Å². The summed E-state index contributed by atoms with van der Waals surface area (Å²) in [6.07, 6.45) is -5.68. The van der Waals surface area contributed by atoms with Gasteiger partial charge in [0.2, 0.25) is 0 Å². The van der Waals surface area contributed by atoms with Crippen LogP contribution in [0.4, 0.5) is 18.9 Å². The van der Waals surface area contributed by atoms with E-state index in [0.717, 1.165) is 23.1 Å². The molecule has 5 nitrogen and oxygen atoms in total. The first-order valence-corrected chi connectivity index (χ1v) is 8.81. The van der Waals surface area contributed by atoms with Gasteiger partial charge in [0, 0.05) is 23.2 Å². The Bertz CT molecular complexity index is 1140. The quantitative estimate of drug-likeness (QED) is 0.585. The van der Waals surface area contributed by atoms with Gasteiger partial charge in [0.25, 0.3) is 5.91 Å². The number of alkyl halides is 3. The molecule has 0 aliphatic carbocycles. The molecule has 0 radical (unpaired) electrons. The Morgan fingerprint density at radius 1 is 1.17 bits per heavy atom. The Morgan fingerprint density at radius 2 is 1.90 bits per heavy atom. The SMILES string of the molecule is Cc1cc(=O)oc2cc(OC(C)C(=O)Nc3ccc(Cl)c(C(F)(F)F)c3)ccc12. The molecular formula is C20H15ClF3NO4. The molecule has 0 fully saturated rings. The second-order valence-electron chi connectivity index (χ2n) is 6.35. The van der Waals surface area contributed by atoms with Gasteiger partial charge in [0.05, 0.1) is 10.6 Å². The summed E-state index contributed by atoms with van der Waals surface area (Å²) in [7, 11) is 0. The zero-order chi connectivity index (χ0) is 21.3. The van der Waals surface area contributed by atoms with Gasteiger partial charge < -0.3 is 14.5 Å². The van der Waals surface area contributed by atoms with Crippen LogP contribution in [0.3, 0.4) is 0 Å². The van der Waals surface area contributed by atoms with Crippen molar-refractivity contribution in [2.24, 2.45) is 0 Å². The van der Waals surface area contributed by atoms with Crippen LogP contribution in [-0.2, 0) is 11.0 Å². The van der Waals surface area contributed by atoms with E-state index in [2.05, 4.69) is 5.32 Å². The van der Waals surface area contributed by atoms with Crippen LogP contribution in [-0.4, -0.2) is 12.0 Å². The van der Waals surface area contributed by atoms with E-state index in [-0.39, 0.29) is 11.4 Å². The number of aryl methyl sites for hydroxylation is 1. The lowest BCUT2D eigenvalue weighted by Crippen LogP contribution is -2.30. The summed E-state index contributed by atoms with van der Waals surface area (Å²) >= 11 is 5.57. The molecule has 152 valence electrons. The summed E-state index contributed by atoms with van der Waals surface area (Å²) in [5, 5.41) is 2.61. The van der Waals surface area contributed by atoms with E-state index in [1.54, 1.807) is 19.1 Å². The molecule has 0 aliphatic rings. The van der Waals surface area contributed by atoms with Gasteiger partial charge in [-0.15, -0.1) is 0 Å². The standard InChI is InChI=1S/C20H15ClF3NO4/c1-10-7-18(26)29-17-9-13(4-5-14(10)17)28-11(2)19(27)25-12-3-6-16(21)15(8-12)20(22,23)24/h3-9,11H,1-2H3,(H,25,27). The minimum absolute atomic E-state index is 0.0673. The van der Waals surface area contributed by atoms with E-state index < -0.39 is 34.4 Å². The van der Waals surface area contributed by atoms with Gasteiger partial charge in [0.1, 0.15) is 11.3 Å². The van der Waals surface area contributed by atoms with E-state index in [0.29, 0.717) is 5.58 Å². The van der Waals surface area contributed by atoms with Crippen LogP contribution in [0.5, 0.6) is 5.75 Å². The van der Waals surface area contributed by atoms with Crippen LogP contribution in [0.15, 0.2) is 51.7 Å². The van der Waals surface area contributed by atoms with Crippen molar-refractivity contribution in [1.29, 1.82) is 0 Å². The van der Waals surface area contributed by atoms with Crippen molar-refractivity contribution in [2.45, 2.75) is 26.1 Å². The van der Waals surface area contributed by atoms with Gasteiger partial charge in [0.15, 0.2) is 6.10 Å². The number of hydrogen-bond acceptors (Lipinski definition) is 4. The third-order valence-corrected chi connectivity index (χ3v) is 4.47. The highest BCUT2D eigenvalue weighted by atomic mass is 35.5. The zero-order valence-corrected chi connectivity index (χ0v) is 16.0. The number of anilines is 1. The van der Waals surface area contributed by atoms with E-state index in [4.69, 9.17) is 20.8 Å². The number of rotatable bonds is 4. The maximum absolute atomic E-state index is 12.9. The predicted octanol–water partition coefficient (Wildman–Crippen LogP) is 5.18. The second-order valence-corrected chi connectivity index (χ2v) is 6.76. The molecule has 0 saturated carbocycles. The number of hydrogen-bond donors (Lipinski definition) is 1. The fourth-order valence-corrected chi connectivity index (χ4v) is 2.93. The zero-order valence-electron chi connectivity index (χ0n) is 15.3.